The lowest BCUT2D eigenvalue weighted by atomic mass is 10.2. The highest BCUT2D eigenvalue weighted by atomic mass is 32.2. The van der Waals surface area contributed by atoms with E-state index in [0.717, 1.165) is 30.2 Å². The van der Waals surface area contributed by atoms with Crippen molar-refractivity contribution in [1.82, 2.24) is 9.97 Å². The van der Waals surface area contributed by atoms with Crippen molar-refractivity contribution in [1.29, 1.82) is 0 Å². The fourth-order valence-corrected chi connectivity index (χ4v) is 3.17. The van der Waals surface area contributed by atoms with Crippen molar-refractivity contribution in [2.75, 3.05) is 22.9 Å². The summed E-state index contributed by atoms with van der Waals surface area (Å²) < 4.78 is 51.4. The second-order valence-electron chi connectivity index (χ2n) is 5.56. The maximum atomic E-state index is 13.3. The van der Waals surface area contributed by atoms with E-state index in [4.69, 9.17) is 5.11 Å². The van der Waals surface area contributed by atoms with Crippen LogP contribution in [0.15, 0.2) is 29.4 Å². The molecule has 0 radical (unpaired) electrons. The van der Waals surface area contributed by atoms with Gasteiger partial charge in [-0.3, -0.25) is 4.72 Å². The number of benzene rings is 1. The molecule has 1 atom stereocenters. The third-order valence-electron chi connectivity index (χ3n) is 3.02. The van der Waals surface area contributed by atoms with Crippen LogP contribution in [-0.2, 0) is 15.8 Å². The Morgan fingerprint density at radius 1 is 1.19 bits per heavy atom. The lowest BCUT2D eigenvalue weighted by molar-refractivity contribution is 0.281. The van der Waals surface area contributed by atoms with Gasteiger partial charge in [0.2, 0.25) is 10.0 Å². The Labute approximate surface area is 154 Å². The number of aliphatic hydroxyl groups excluding tert-OH is 1. The molecule has 7 nitrogen and oxygen atoms in total. The molecule has 0 amide bonds. The SMILES string of the molecule is C[C@H](CO)Nc1cc(NS(C)(=O)=O)nc(SCc2ccc(F)c(F)c2)n1. The van der Waals surface area contributed by atoms with Gasteiger partial charge in [0, 0.05) is 17.9 Å². The summed E-state index contributed by atoms with van der Waals surface area (Å²) in [6.07, 6.45) is 0.993. The zero-order chi connectivity index (χ0) is 19.3. The van der Waals surface area contributed by atoms with Crippen molar-refractivity contribution >= 4 is 33.4 Å². The van der Waals surface area contributed by atoms with Gasteiger partial charge in [-0.15, -0.1) is 0 Å². The summed E-state index contributed by atoms with van der Waals surface area (Å²) in [7, 11) is -3.54. The van der Waals surface area contributed by atoms with Crippen molar-refractivity contribution in [3.8, 4) is 0 Å². The summed E-state index contributed by atoms with van der Waals surface area (Å²) in [5, 5.41) is 12.3. The molecule has 0 unspecified atom stereocenters. The first kappa shape index (κ1) is 20.3. The van der Waals surface area contributed by atoms with E-state index in [0.29, 0.717) is 11.4 Å². The average Bonchev–Trinajstić information content (AvgIpc) is 2.54. The molecule has 1 aromatic heterocycles. The predicted octanol–water partition coefficient (Wildman–Crippen LogP) is 2.21. The minimum absolute atomic E-state index is 0.0583. The fraction of sp³-hybridized carbons (Fsp3) is 0.333. The largest absolute Gasteiger partial charge is 0.394 e. The molecule has 1 aromatic carbocycles. The van der Waals surface area contributed by atoms with Gasteiger partial charge in [-0.1, -0.05) is 17.8 Å². The molecule has 0 saturated heterocycles. The monoisotopic (exact) mass is 404 g/mol. The summed E-state index contributed by atoms with van der Waals surface area (Å²) in [6.45, 7) is 1.58. The number of thioether (sulfide) groups is 1. The van der Waals surface area contributed by atoms with Crippen LogP contribution in [0, 0.1) is 11.6 Å². The lowest BCUT2D eigenvalue weighted by Gasteiger charge is -2.14. The van der Waals surface area contributed by atoms with Crippen LogP contribution in [0.1, 0.15) is 12.5 Å². The van der Waals surface area contributed by atoms with Gasteiger partial charge in [-0.25, -0.2) is 27.2 Å². The van der Waals surface area contributed by atoms with Crippen molar-refractivity contribution in [3.63, 3.8) is 0 Å². The highest BCUT2D eigenvalue weighted by Crippen LogP contribution is 2.24. The summed E-state index contributed by atoms with van der Waals surface area (Å²) in [4.78, 5) is 8.33. The van der Waals surface area contributed by atoms with Gasteiger partial charge >= 0.3 is 0 Å². The average molecular weight is 404 g/mol. The lowest BCUT2D eigenvalue weighted by Crippen LogP contribution is -2.21. The van der Waals surface area contributed by atoms with Gasteiger partial charge in [0.15, 0.2) is 16.8 Å². The van der Waals surface area contributed by atoms with E-state index in [1.165, 1.54) is 12.1 Å². The molecule has 0 aliphatic heterocycles. The smallest absolute Gasteiger partial charge is 0.230 e. The molecule has 0 bridgehead atoms. The molecule has 26 heavy (non-hydrogen) atoms. The second kappa shape index (κ2) is 8.60. The quantitative estimate of drug-likeness (QED) is 0.458. The van der Waals surface area contributed by atoms with Crippen LogP contribution >= 0.6 is 11.8 Å². The zero-order valence-electron chi connectivity index (χ0n) is 14.0. The molecule has 11 heteroatoms. The summed E-state index contributed by atoms with van der Waals surface area (Å²) in [6, 6.07) is 4.64. The van der Waals surface area contributed by atoms with E-state index >= 15 is 0 Å². The first-order valence-corrected chi connectivity index (χ1v) is 10.3. The van der Waals surface area contributed by atoms with Gasteiger partial charge in [0.1, 0.15) is 11.6 Å². The van der Waals surface area contributed by atoms with E-state index in [1.807, 2.05) is 0 Å². The molecule has 142 valence electrons. The van der Waals surface area contributed by atoms with Crippen LogP contribution in [0.3, 0.4) is 0 Å². The zero-order valence-corrected chi connectivity index (χ0v) is 15.7. The summed E-state index contributed by atoms with van der Waals surface area (Å²) in [5.74, 6) is -1.24. The van der Waals surface area contributed by atoms with Gasteiger partial charge in [-0.2, -0.15) is 0 Å². The second-order valence-corrected chi connectivity index (χ2v) is 8.25. The number of nitrogens with zero attached hydrogens (tertiary/aromatic N) is 2. The molecule has 0 aliphatic rings. The van der Waals surface area contributed by atoms with E-state index in [-0.39, 0.29) is 29.4 Å². The number of aliphatic hydroxyl groups is 1. The minimum atomic E-state index is -3.54. The number of anilines is 2. The topological polar surface area (TPSA) is 104 Å². The van der Waals surface area contributed by atoms with Gasteiger partial charge in [0.25, 0.3) is 0 Å². The third kappa shape index (κ3) is 6.39. The number of nitrogens with one attached hydrogen (secondary N) is 2. The molecule has 2 rings (SSSR count). The van der Waals surface area contributed by atoms with Crippen LogP contribution in [0.2, 0.25) is 0 Å². The third-order valence-corrected chi connectivity index (χ3v) is 4.51. The van der Waals surface area contributed by atoms with Crippen LogP contribution in [-0.4, -0.2) is 42.4 Å². The number of hydrogen-bond acceptors (Lipinski definition) is 7. The first-order valence-electron chi connectivity index (χ1n) is 7.47. The van der Waals surface area contributed by atoms with E-state index in [9.17, 15) is 17.2 Å². The molecule has 2 aromatic rings. The molecule has 1 heterocycles. The molecule has 0 aliphatic carbocycles. The van der Waals surface area contributed by atoms with Gasteiger partial charge in [0.05, 0.1) is 12.9 Å². The van der Waals surface area contributed by atoms with Gasteiger partial charge < -0.3 is 10.4 Å². The maximum Gasteiger partial charge on any atom is 0.230 e. The molecule has 0 fully saturated rings. The maximum absolute atomic E-state index is 13.3. The molecule has 0 spiro atoms. The van der Waals surface area contributed by atoms with E-state index in [2.05, 4.69) is 20.0 Å². The molecule has 0 saturated carbocycles. The Morgan fingerprint density at radius 3 is 2.50 bits per heavy atom. The van der Waals surface area contributed by atoms with E-state index < -0.39 is 21.7 Å². The number of rotatable bonds is 8. The normalized spacial score (nSPS) is 12.7. The Hall–Kier alpha value is -1.98. The number of sulfonamides is 1. The minimum Gasteiger partial charge on any atom is -0.394 e. The van der Waals surface area contributed by atoms with Crippen LogP contribution in [0.4, 0.5) is 20.4 Å². The van der Waals surface area contributed by atoms with Crippen LogP contribution in [0.5, 0.6) is 0 Å². The van der Waals surface area contributed by atoms with Crippen LogP contribution < -0.4 is 10.0 Å². The first-order chi connectivity index (χ1) is 12.2. The van der Waals surface area contributed by atoms with Crippen molar-refractivity contribution < 1.29 is 22.3 Å². The fourth-order valence-electron chi connectivity index (χ4n) is 1.88. The highest BCUT2D eigenvalue weighted by Gasteiger charge is 2.11. The Balaban J connectivity index is 2.22. The van der Waals surface area contributed by atoms with E-state index in [1.54, 1.807) is 6.92 Å². The van der Waals surface area contributed by atoms with Crippen LogP contribution in [0.25, 0.3) is 0 Å². The molecular formula is C15H18F2N4O3S2. The highest BCUT2D eigenvalue weighted by molar-refractivity contribution is 7.98. The Morgan fingerprint density at radius 2 is 1.88 bits per heavy atom. The van der Waals surface area contributed by atoms with Crippen molar-refractivity contribution in [2.24, 2.45) is 0 Å². The molecular weight excluding hydrogens is 386 g/mol. The van der Waals surface area contributed by atoms with Gasteiger partial charge in [-0.05, 0) is 24.6 Å². The number of aromatic nitrogens is 2. The predicted molar refractivity (Wildman–Crippen MR) is 96.6 cm³/mol. The Kier molecular flexibility index (Phi) is 6.73. The molecule has 3 N–H and O–H groups in total. The van der Waals surface area contributed by atoms with Crippen molar-refractivity contribution in [2.45, 2.75) is 23.9 Å². The summed E-state index contributed by atoms with van der Waals surface area (Å²) >= 11 is 1.13. The number of hydrogen-bond donors (Lipinski definition) is 3. The summed E-state index contributed by atoms with van der Waals surface area (Å²) in [5.41, 5.74) is 0.525. The standard InChI is InChI=1S/C15H18F2N4O3S2/c1-9(7-22)18-13-6-14(21-26(2,23)24)20-15(19-13)25-8-10-3-4-11(16)12(17)5-10/h3-6,9,22H,7-8H2,1-2H3,(H2,18,19,20,21)/t9-/m1/s1. The van der Waals surface area contributed by atoms with Crippen molar-refractivity contribution in [3.05, 3.63) is 41.5 Å². The Bertz CT molecular complexity index is 881. The number of halogens is 2.